The first-order valence-corrected chi connectivity index (χ1v) is 13.1. The molecule has 1 N–H and O–H groups in total. The third kappa shape index (κ3) is 6.58. The van der Waals surface area contributed by atoms with E-state index in [4.69, 9.17) is 9.73 Å². The number of guanidine groups is 1. The van der Waals surface area contributed by atoms with Gasteiger partial charge in [0, 0.05) is 77.9 Å². The molecule has 4 aliphatic rings. The molecule has 3 saturated heterocycles. The fraction of sp³-hybridized carbons (Fsp3) is 0.917. The van der Waals surface area contributed by atoms with Crippen LogP contribution in [0.3, 0.4) is 0 Å². The van der Waals surface area contributed by atoms with Crippen LogP contribution in [0.5, 0.6) is 0 Å². The topological polar surface area (TPSA) is 63.7 Å². The summed E-state index contributed by atoms with van der Waals surface area (Å²) >= 11 is 0. The van der Waals surface area contributed by atoms with E-state index in [0.29, 0.717) is 11.8 Å². The molecule has 8 nitrogen and oxygen atoms in total. The predicted octanol–water partition coefficient (Wildman–Crippen LogP) is 0.940. The van der Waals surface area contributed by atoms with Crippen molar-refractivity contribution in [1.29, 1.82) is 0 Å². The highest BCUT2D eigenvalue weighted by Crippen LogP contribution is 2.27. The van der Waals surface area contributed by atoms with Crippen molar-refractivity contribution in [3.63, 3.8) is 0 Å². The Labute approximate surface area is 194 Å². The highest BCUT2D eigenvalue weighted by molar-refractivity contribution is 5.80. The summed E-state index contributed by atoms with van der Waals surface area (Å²) in [5.41, 5.74) is 0. The molecular formula is C24H44N6O2. The first-order chi connectivity index (χ1) is 15.7. The number of carbonyl (C=O) groups is 1. The maximum absolute atomic E-state index is 12.6. The summed E-state index contributed by atoms with van der Waals surface area (Å²) in [5, 5.41) is 3.51. The molecule has 1 unspecified atom stereocenters. The zero-order valence-electron chi connectivity index (χ0n) is 20.1. The van der Waals surface area contributed by atoms with Crippen molar-refractivity contribution in [2.75, 3.05) is 91.8 Å². The first kappa shape index (κ1) is 23.8. The number of ether oxygens (including phenoxy) is 1. The normalized spacial score (nSPS) is 26.8. The maximum atomic E-state index is 12.6. The van der Waals surface area contributed by atoms with Crippen LogP contribution in [-0.2, 0) is 9.53 Å². The van der Waals surface area contributed by atoms with Crippen LogP contribution in [0.1, 0.15) is 39.0 Å². The molecule has 1 aliphatic carbocycles. The number of nitrogens with one attached hydrogen (secondary N) is 1. The van der Waals surface area contributed by atoms with E-state index in [1.165, 1.54) is 25.8 Å². The standard InChI is InChI=1S/C24H44N6O2/c1-2-25-24(30-9-7-21(20-30)19-28-15-17-32-18-16-28)26-8-10-27-11-13-29(14-12-27)23(31)22-5-3-4-6-22/h21-22H,2-20H2,1H3,(H,25,26). The molecule has 0 spiro atoms. The van der Waals surface area contributed by atoms with Crippen LogP contribution < -0.4 is 5.32 Å². The lowest BCUT2D eigenvalue weighted by molar-refractivity contribution is -0.137. The Morgan fingerprint density at radius 1 is 0.938 bits per heavy atom. The van der Waals surface area contributed by atoms with Gasteiger partial charge in [0.2, 0.25) is 5.91 Å². The first-order valence-electron chi connectivity index (χ1n) is 13.1. The van der Waals surface area contributed by atoms with Gasteiger partial charge in [-0.3, -0.25) is 19.6 Å². The lowest BCUT2D eigenvalue weighted by Crippen LogP contribution is -2.50. The van der Waals surface area contributed by atoms with E-state index in [2.05, 4.69) is 31.8 Å². The van der Waals surface area contributed by atoms with Gasteiger partial charge in [-0.05, 0) is 32.1 Å². The van der Waals surface area contributed by atoms with Crippen molar-refractivity contribution in [3.8, 4) is 0 Å². The highest BCUT2D eigenvalue weighted by Gasteiger charge is 2.30. The summed E-state index contributed by atoms with van der Waals surface area (Å²) in [6, 6.07) is 0. The molecule has 1 atom stereocenters. The van der Waals surface area contributed by atoms with Crippen LogP contribution >= 0.6 is 0 Å². The highest BCUT2D eigenvalue weighted by atomic mass is 16.5. The number of piperazine rings is 1. The predicted molar refractivity (Wildman–Crippen MR) is 128 cm³/mol. The van der Waals surface area contributed by atoms with Gasteiger partial charge in [-0.15, -0.1) is 0 Å². The molecule has 182 valence electrons. The van der Waals surface area contributed by atoms with Crippen molar-refractivity contribution in [2.45, 2.75) is 39.0 Å². The van der Waals surface area contributed by atoms with Gasteiger partial charge in [0.05, 0.1) is 19.8 Å². The molecular weight excluding hydrogens is 404 g/mol. The number of aliphatic imine (C=N–C) groups is 1. The summed E-state index contributed by atoms with van der Waals surface area (Å²) in [7, 11) is 0. The number of morpholine rings is 1. The van der Waals surface area contributed by atoms with E-state index < -0.39 is 0 Å². The monoisotopic (exact) mass is 448 g/mol. The Balaban J connectivity index is 1.18. The lowest BCUT2D eigenvalue weighted by atomic mass is 10.1. The van der Waals surface area contributed by atoms with Crippen LogP contribution in [0, 0.1) is 11.8 Å². The van der Waals surface area contributed by atoms with Crippen LogP contribution in [-0.4, -0.2) is 123 Å². The molecule has 1 amide bonds. The molecule has 0 aromatic heterocycles. The van der Waals surface area contributed by atoms with Crippen LogP contribution in [0.2, 0.25) is 0 Å². The number of nitrogens with zero attached hydrogens (tertiary/aromatic N) is 5. The average molecular weight is 449 g/mol. The summed E-state index contributed by atoms with van der Waals surface area (Å²) in [4.78, 5) is 27.2. The molecule has 0 aromatic carbocycles. The number of likely N-dealkylation sites (tertiary alicyclic amines) is 1. The Hall–Kier alpha value is -1.38. The van der Waals surface area contributed by atoms with Crippen molar-refractivity contribution >= 4 is 11.9 Å². The second-order valence-electron chi connectivity index (χ2n) is 9.90. The van der Waals surface area contributed by atoms with Gasteiger partial charge in [0.25, 0.3) is 0 Å². The van der Waals surface area contributed by atoms with Crippen molar-refractivity contribution < 1.29 is 9.53 Å². The smallest absolute Gasteiger partial charge is 0.225 e. The maximum Gasteiger partial charge on any atom is 0.225 e. The Kier molecular flexibility index (Phi) is 9.05. The summed E-state index contributed by atoms with van der Waals surface area (Å²) in [6.07, 6.45) is 5.91. The second kappa shape index (κ2) is 12.2. The quantitative estimate of drug-likeness (QED) is 0.462. The largest absolute Gasteiger partial charge is 0.379 e. The van der Waals surface area contributed by atoms with Gasteiger partial charge in [-0.1, -0.05) is 12.8 Å². The fourth-order valence-electron chi connectivity index (χ4n) is 5.67. The third-order valence-corrected chi connectivity index (χ3v) is 7.61. The number of hydrogen-bond acceptors (Lipinski definition) is 5. The molecule has 0 aromatic rings. The third-order valence-electron chi connectivity index (χ3n) is 7.61. The minimum Gasteiger partial charge on any atom is -0.379 e. The molecule has 0 bridgehead atoms. The van der Waals surface area contributed by atoms with Gasteiger partial charge >= 0.3 is 0 Å². The zero-order valence-corrected chi connectivity index (χ0v) is 20.1. The Morgan fingerprint density at radius 2 is 1.69 bits per heavy atom. The van der Waals surface area contributed by atoms with Crippen LogP contribution in [0.25, 0.3) is 0 Å². The van der Waals surface area contributed by atoms with E-state index in [9.17, 15) is 4.79 Å². The minimum absolute atomic E-state index is 0.307. The minimum atomic E-state index is 0.307. The van der Waals surface area contributed by atoms with Crippen molar-refractivity contribution in [3.05, 3.63) is 0 Å². The van der Waals surface area contributed by atoms with Gasteiger partial charge in [0.1, 0.15) is 0 Å². The van der Waals surface area contributed by atoms with Crippen LogP contribution in [0.4, 0.5) is 0 Å². The van der Waals surface area contributed by atoms with E-state index in [-0.39, 0.29) is 0 Å². The van der Waals surface area contributed by atoms with Gasteiger partial charge in [0.15, 0.2) is 5.96 Å². The summed E-state index contributed by atoms with van der Waals surface area (Å²) < 4.78 is 5.49. The SMILES string of the molecule is CCNC(=NCCN1CCN(C(=O)C2CCCC2)CC1)N1CCC(CN2CCOCC2)C1. The summed E-state index contributed by atoms with van der Waals surface area (Å²) in [5.74, 6) is 2.52. The molecule has 4 rings (SSSR count). The molecule has 1 saturated carbocycles. The van der Waals surface area contributed by atoms with E-state index >= 15 is 0 Å². The van der Waals surface area contributed by atoms with E-state index in [1.54, 1.807) is 0 Å². The Bertz CT molecular complexity index is 610. The summed E-state index contributed by atoms with van der Waals surface area (Å²) in [6.45, 7) is 15.9. The number of carbonyl (C=O) groups excluding carboxylic acids is 1. The number of amides is 1. The van der Waals surface area contributed by atoms with E-state index in [0.717, 1.165) is 110 Å². The molecule has 3 heterocycles. The van der Waals surface area contributed by atoms with Gasteiger partial charge < -0.3 is 19.9 Å². The number of rotatable bonds is 7. The molecule has 8 heteroatoms. The molecule has 4 fully saturated rings. The fourth-order valence-corrected chi connectivity index (χ4v) is 5.67. The van der Waals surface area contributed by atoms with Gasteiger partial charge in [-0.25, -0.2) is 0 Å². The number of hydrogen-bond donors (Lipinski definition) is 1. The van der Waals surface area contributed by atoms with E-state index in [1.807, 2.05) is 0 Å². The van der Waals surface area contributed by atoms with Gasteiger partial charge in [-0.2, -0.15) is 0 Å². The second-order valence-corrected chi connectivity index (χ2v) is 9.90. The average Bonchev–Trinajstić information content (AvgIpc) is 3.52. The zero-order chi connectivity index (χ0) is 22.2. The lowest BCUT2D eigenvalue weighted by Gasteiger charge is -2.35. The van der Waals surface area contributed by atoms with Crippen molar-refractivity contribution in [2.24, 2.45) is 16.8 Å². The Morgan fingerprint density at radius 3 is 2.41 bits per heavy atom. The van der Waals surface area contributed by atoms with Crippen LogP contribution in [0.15, 0.2) is 4.99 Å². The van der Waals surface area contributed by atoms with Crippen molar-refractivity contribution in [1.82, 2.24) is 24.9 Å². The molecule has 3 aliphatic heterocycles. The molecule has 0 radical (unpaired) electrons. The molecule has 32 heavy (non-hydrogen) atoms.